The van der Waals surface area contributed by atoms with E-state index in [0.717, 1.165) is 16.3 Å². The summed E-state index contributed by atoms with van der Waals surface area (Å²) in [6, 6.07) is 11.2. The maximum atomic E-state index is 12.0. The van der Waals surface area contributed by atoms with Crippen molar-refractivity contribution < 1.29 is 12.8 Å². The van der Waals surface area contributed by atoms with Gasteiger partial charge in [-0.1, -0.05) is 29.5 Å². The molecule has 0 bridgehead atoms. The molecule has 2 aromatic heterocycles. The maximum Gasteiger partial charge on any atom is 0.244 e. The Labute approximate surface area is 157 Å². The highest BCUT2D eigenvalue weighted by Gasteiger charge is 2.17. The van der Waals surface area contributed by atoms with Gasteiger partial charge in [0.1, 0.15) is 11.2 Å². The summed E-state index contributed by atoms with van der Waals surface area (Å²) in [6.07, 6.45) is 3.01. The van der Waals surface area contributed by atoms with Gasteiger partial charge in [-0.3, -0.25) is 0 Å². The number of thioether (sulfide) groups is 1. The lowest BCUT2D eigenvalue weighted by atomic mass is 10.1. The molecule has 0 spiro atoms. The van der Waals surface area contributed by atoms with Crippen molar-refractivity contribution in [3.8, 4) is 11.5 Å². The van der Waals surface area contributed by atoms with E-state index in [1.165, 1.54) is 41.9 Å². The first-order chi connectivity index (χ1) is 12.4. The minimum absolute atomic E-state index is 0.176. The highest BCUT2D eigenvalue weighted by molar-refractivity contribution is 7.98. The maximum absolute atomic E-state index is 12.0. The fourth-order valence-corrected chi connectivity index (χ4v) is 3.73. The SMILES string of the molecule is Cc1ccc(-c2nc(CSc3ccc(S(=O)(=O)N(C)C)cn3)co2)cc1. The molecule has 0 fully saturated rings. The van der Waals surface area contributed by atoms with Crippen molar-refractivity contribution in [1.29, 1.82) is 0 Å². The van der Waals surface area contributed by atoms with Crippen LogP contribution in [0.3, 0.4) is 0 Å². The van der Waals surface area contributed by atoms with E-state index in [-0.39, 0.29) is 4.90 Å². The first-order valence-electron chi connectivity index (χ1n) is 7.89. The second kappa shape index (κ2) is 7.61. The van der Waals surface area contributed by atoms with Crippen molar-refractivity contribution in [2.24, 2.45) is 0 Å². The van der Waals surface area contributed by atoms with Gasteiger partial charge >= 0.3 is 0 Å². The third-order valence-corrected chi connectivity index (χ3v) is 6.48. The van der Waals surface area contributed by atoms with E-state index in [0.29, 0.717) is 11.6 Å². The molecule has 0 unspecified atom stereocenters. The van der Waals surface area contributed by atoms with Gasteiger partial charge in [0, 0.05) is 31.6 Å². The number of pyridine rings is 1. The summed E-state index contributed by atoms with van der Waals surface area (Å²) in [5.74, 6) is 1.17. The summed E-state index contributed by atoms with van der Waals surface area (Å²) in [7, 11) is -0.468. The van der Waals surface area contributed by atoms with Crippen LogP contribution >= 0.6 is 11.8 Å². The Morgan fingerprint density at radius 2 is 1.85 bits per heavy atom. The monoisotopic (exact) mass is 389 g/mol. The van der Waals surface area contributed by atoms with Crippen LogP contribution in [0.5, 0.6) is 0 Å². The Balaban J connectivity index is 1.65. The lowest BCUT2D eigenvalue weighted by Gasteiger charge is -2.10. The Morgan fingerprint density at radius 1 is 1.12 bits per heavy atom. The van der Waals surface area contributed by atoms with Gasteiger partial charge in [0.15, 0.2) is 0 Å². The largest absolute Gasteiger partial charge is 0.444 e. The summed E-state index contributed by atoms with van der Waals surface area (Å²) in [6.45, 7) is 2.03. The highest BCUT2D eigenvalue weighted by Crippen LogP contribution is 2.25. The van der Waals surface area contributed by atoms with Crippen LogP contribution in [0.1, 0.15) is 11.3 Å². The molecule has 0 saturated carbocycles. The smallest absolute Gasteiger partial charge is 0.244 e. The quantitative estimate of drug-likeness (QED) is 0.600. The minimum Gasteiger partial charge on any atom is -0.444 e. The number of oxazole rings is 1. The second-order valence-electron chi connectivity index (χ2n) is 5.92. The number of hydrogen-bond acceptors (Lipinski definition) is 6. The van der Waals surface area contributed by atoms with Crippen molar-refractivity contribution in [2.45, 2.75) is 22.6 Å². The second-order valence-corrected chi connectivity index (χ2v) is 9.07. The van der Waals surface area contributed by atoms with Crippen LogP contribution in [0.15, 0.2) is 63.2 Å². The number of hydrogen-bond donors (Lipinski definition) is 0. The molecule has 6 nitrogen and oxygen atoms in total. The molecule has 3 aromatic rings. The molecule has 3 rings (SSSR count). The van der Waals surface area contributed by atoms with E-state index in [9.17, 15) is 8.42 Å². The van der Waals surface area contributed by atoms with E-state index in [2.05, 4.69) is 9.97 Å². The molecule has 0 aliphatic heterocycles. The highest BCUT2D eigenvalue weighted by atomic mass is 32.2. The Kier molecular flexibility index (Phi) is 5.45. The van der Waals surface area contributed by atoms with Crippen LogP contribution in [-0.4, -0.2) is 36.8 Å². The number of rotatable bonds is 6. The third-order valence-electron chi connectivity index (χ3n) is 3.71. The predicted molar refractivity (Wildman–Crippen MR) is 101 cm³/mol. The van der Waals surface area contributed by atoms with Crippen LogP contribution in [-0.2, 0) is 15.8 Å². The lowest BCUT2D eigenvalue weighted by Crippen LogP contribution is -2.22. The number of nitrogens with zero attached hydrogens (tertiary/aromatic N) is 3. The predicted octanol–water partition coefficient (Wildman–Crippen LogP) is 3.59. The van der Waals surface area contributed by atoms with Crippen LogP contribution in [0.4, 0.5) is 0 Å². The standard InChI is InChI=1S/C18H19N3O3S2/c1-13-4-6-14(7-5-13)18-20-15(11-24-18)12-25-17-9-8-16(10-19-17)26(22,23)21(2)3/h4-11H,12H2,1-3H3. The van der Waals surface area contributed by atoms with Crippen molar-refractivity contribution in [3.05, 3.63) is 60.1 Å². The summed E-state index contributed by atoms with van der Waals surface area (Å²) in [4.78, 5) is 8.88. The average Bonchev–Trinajstić information content (AvgIpc) is 3.10. The molecule has 8 heteroatoms. The van der Waals surface area contributed by atoms with Gasteiger partial charge in [-0.2, -0.15) is 0 Å². The third kappa shape index (κ3) is 4.14. The van der Waals surface area contributed by atoms with E-state index in [1.54, 1.807) is 18.4 Å². The number of benzene rings is 1. The first kappa shape index (κ1) is 18.6. The lowest BCUT2D eigenvalue weighted by molar-refractivity contribution is 0.520. The van der Waals surface area contributed by atoms with Gasteiger partial charge in [-0.05, 0) is 31.2 Å². The summed E-state index contributed by atoms with van der Waals surface area (Å²) in [5.41, 5.74) is 2.92. The zero-order valence-electron chi connectivity index (χ0n) is 14.7. The van der Waals surface area contributed by atoms with Crippen LogP contribution in [0, 0.1) is 6.92 Å². The zero-order chi connectivity index (χ0) is 18.7. The van der Waals surface area contributed by atoms with Gasteiger partial charge in [-0.25, -0.2) is 22.7 Å². The number of aromatic nitrogens is 2. The Hall–Kier alpha value is -2.16. The fourth-order valence-electron chi connectivity index (χ4n) is 2.17. The van der Waals surface area contributed by atoms with E-state index in [4.69, 9.17) is 4.42 Å². The van der Waals surface area contributed by atoms with Crippen LogP contribution in [0.2, 0.25) is 0 Å². The summed E-state index contributed by atoms with van der Waals surface area (Å²) in [5, 5.41) is 0.725. The van der Waals surface area contributed by atoms with Gasteiger partial charge in [0.05, 0.1) is 10.7 Å². The summed E-state index contributed by atoms with van der Waals surface area (Å²) >= 11 is 1.47. The molecule has 0 radical (unpaired) electrons. The molecule has 0 N–H and O–H groups in total. The number of sulfonamides is 1. The topological polar surface area (TPSA) is 76.3 Å². The Morgan fingerprint density at radius 3 is 2.46 bits per heavy atom. The number of aryl methyl sites for hydroxylation is 1. The molecule has 1 aromatic carbocycles. The van der Waals surface area contributed by atoms with E-state index in [1.807, 2.05) is 31.2 Å². The molecular weight excluding hydrogens is 370 g/mol. The van der Waals surface area contributed by atoms with Crippen LogP contribution in [0.25, 0.3) is 11.5 Å². The molecule has 0 saturated heterocycles. The molecule has 136 valence electrons. The summed E-state index contributed by atoms with van der Waals surface area (Å²) < 4.78 is 30.8. The Bertz CT molecular complexity index is 979. The normalized spacial score (nSPS) is 11.8. The molecule has 26 heavy (non-hydrogen) atoms. The zero-order valence-corrected chi connectivity index (χ0v) is 16.3. The molecule has 0 aliphatic rings. The van der Waals surface area contributed by atoms with Crippen molar-refractivity contribution in [3.63, 3.8) is 0 Å². The van der Waals surface area contributed by atoms with Gasteiger partial charge < -0.3 is 4.42 Å². The van der Waals surface area contributed by atoms with Crippen LogP contribution < -0.4 is 0 Å². The molecule has 0 aliphatic carbocycles. The van der Waals surface area contributed by atoms with E-state index < -0.39 is 10.0 Å². The van der Waals surface area contributed by atoms with Gasteiger partial charge in [0.2, 0.25) is 15.9 Å². The van der Waals surface area contributed by atoms with Crippen molar-refractivity contribution in [2.75, 3.05) is 14.1 Å². The molecular formula is C18H19N3O3S2. The molecule has 0 amide bonds. The molecule has 2 heterocycles. The molecule has 0 atom stereocenters. The minimum atomic E-state index is -3.46. The van der Waals surface area contributed by atoms with E-state index >= 15 is 0 Å². The fraction of sp³-hybridized carbons (Fsp3) is 0.222. The first-order valence-corrected chi connectivity index (χ1v) is 10.3. The average molecular weight is 390 g/mol. The van der Waals surface area contributed by atoms with Crippen molar-refractivity contribution in [1.82, 2.24) is 14.3 Å². The van der Waals surface area contributed by atoms with Gasteiger partial charge in [-0.15, -0.1) is 0 Å². The van der Waals surface area contributed by atoms with Gasteiger partial charge in [0.25, 0.3) is 0 Å². The van der Waals surface area contributed by atoms with Crippen molar-refractivity contribution >= 4 is 21.8 Å².